The van der Waals surface area contributed by atoms with Gasteiger partial charge in [-0.3, -0.25) is 0 Å². The summed E-state index contributed by atoms with van der Waals surface area (Å²) in [5, 5.41) is 3.60. The van der Waals surface area contributed by atoms with Crippen molar-refractivity contribution in [2.75, 3.05) is 6.54 Å². The molecule has 1 atom stereocenters. The molecule has 1 aromatic rings. The topological polar surface area (TPSA) is 12.0 Å². The molecule has 0 bridgehead atoms. The summed E-state index contributed by atoms with van der Waals surface area (Å²) in [5.74, 6) is 0. The number of hydrogen-bond donors (Lipinski definition) is 1. The van der Waals surface area contributed by atoms with Crippen LogP contribution in [0.2, 0.25) is 0 Å². The molecule has 1 heterocycles. The van der Waals surface area contributed by atoms with E-state index < -0.39 is 0 Å². The normalized spacial score (nSPS) is 25.1. The van der Waals surface area contributed by atoms with Gasteiger partial charge in [-0.05, 0) is 23.8 Å². The van der Waals surface area contributed by atoms with Crippen LogP contribution in [-0.4, -0.2) is 12.6 Å². The van der Waals surface area contributed by atoms with Crippen LogP contribution in [0, 0.1) is 5.41 Å². The van der Waals surface area contributed by atoms with Crippen molar-refractivity contribution < 1.29 is 0 Å². The second-order valence-electron chi connectivity index (χ2n) is 5.14. The molecule has 1 nitrogen and oxygen atoms in total. The second-order valence-corrected chi connectivity index (χ2v) is 5.14. The Bertz CT molecular complexity index is 289. The third kappa shape index (κ3) is 2.36. The average Bonchev–Trinajstić information content (AvgIpc) is 2.47. The molecule has 0 radical (unpaired) electrons. The summed E-state index contributed by atoms with van der Waals surface area (Å²) in [4.78, 5) is 0. The molecule has 1 fully saturated rings. The lowest BCUT2D eigenvalue weighted by Crippen LogP contribution is -2.23. The van der Waals surface area contributed by atoms with E-state index in [1.54, 1.807) is 0 Å². The van der Waals surface area contributed by atoms with Crippen LogP contribution in [0.1, 0.15) is 25.8 Å². The summed E-state index contributed by atoms with van der Waals surface area (Å²) in [5.41, 5.74) is 1.93. The van der Waals surface area contributed by atoms with Gasteiger partial charge in [-0.25, -0.2) is 0 Å². The van der Waals surface area contributed by atoms with Gasteiger partial charge >= 0.3 is 0 Å². The molecule has 1 aliphatic heterocycles. The van der Waals surface area contributed by atoms with Gasteiger partial charge in [0.25, 0.3) is 0 Å². The molecule has 0 spiro atoms. The van der Waals surface area contributed by atoms with Crippen LogP contribution in [0.15, 0.2) is 30.3 Å². The van der Waals surface area contributed by atoms with Crippen LogP contribution in [0.5, 0.6) is 0 Å². The van der Waals surface area contributed by atoms with Gasteiger partial charge in [0.1, 0.15) is 0 Å². The summed E-state index contributed by atoms with van der Waals surface area (Å²) >= 11 is 0. The Morgan fingerprint density at radius 3 is 2.57 bits per heavy atom. The van der Waals surface area contributed by atoms with Gasteiger partial charge in [0.15, 0.2) is 0 Å². The third-order valence-electron chi connectivity index (χ3n) is 2.99. The van der Waals surface area contributed by atoms with Gasteiger partial charge in [-0.2, -0.15) is 0 Å². The molecule has 0 unspecified atom stereocenters. The van der Waals surface area contributed by atoms with E-state index in [0.29, 0.717) is 11.5 Å². The smallest absolute Gasteiger partial charge is 0.0113 e. The van der Waals surface area contributed by atoms with Crippen LogP contribution in [-0.2, 0) is 6.42 Å². The van der Waals surface area contributed by atoms with Crippen molar-refractivity contribution in [2.24, 2.45) is 5.41 Å². The minimum atomic E-state index is 0.486. The van der Waals surface area contributed by atoms with Gasteiger partial charge in [0.2, 0.25) is 0 Å². The zero-order chi connectivity index (χ0) is 10.0. The second kappa shape index (κ2) is 3.74. The lowest BCUT2D eigenvalue weighted by Gasteiger charge is -2.15. The van der Waals surface area contributed by atoms with Gasteiger partial charge in [-0.15, -0.1) is 0 Å². The van der Waals surface area contributed by atoms with Crippen molar-refractivity contribution in [2.45, 2.75) is 32.7 Å². The van der Waals surface area contributed by atoms with E-state index in [2.05, 4.69) is 49.5 Å². The SMILES string of the molecule is CC1(C)CN[C@H](Cc2ccccc2)C1. The summed E-state index contributed by atoms with van der Waals surface area (Å²) in [6.45, 7) is 5.83. The zero-order valence-corrected chi connectivity index (χ0v) is 9.09. The van der Waals surface area contributed by atoms with Crippen molar-refractivity contribution in [3.05, 3.63) is 35.9 Å². The fourth-order valence-corrected chi connectivity index (χ4v) is 2.27. The van der Waals surface area contributed by atoms with Crippen LogP contribution in [0.4, 0.5) is 0 Å². The summed E-state index contributed by atoms with van der Waals surface area (Å²) in [7, 11) is 0. The fourth-order valence-electron chi connectivity index (χ4n) is 2.27. The van der Waals surface area contributed by atoms with Crippen molar-refractivity contribution in [1.82, 2.24) is 5.32 Å². The summed E-state index contributed by atoms with van der Waals surface area (Å²) < 4.78 is 0. The molecular formula is C13H19N. The van der Waals surface area contributed by atoms with E-state index in [4.69, 9.17) is 0 Å². The van der Waals surface area contributed by atoms with E-state index in [1.165, 1.54) is 18.4 Å². The van der Waals surface area contributed by atoms with Crippen LogP contribution < -0.4 is 5.32 Å². The van der Waals surface area contributed by atoms with Crippen LogP contribution in [0.25, 0.3) is 0 Å². The maximum Gasteiger partial charge on any atom is 0.0113 e. The first-order valence-corrected chi connectivity index (χ1v) is 5.43. The molecule has 2 rings (SSSR count). The molecule has 0 saturated carbocycles. The van der Waals surface area contributed by atoms with Gasteiger partial charge in [0.05, 0.1) is 0 Å². The van der Waals surface area contributed by atoms with E-state index in [-0.39, 0.29) is 0 Å². The van der Waals surface area contributed by atoms with Gasteiger partial charge in [-0.1, -0.05) is 44.2 Å². The minimum Gasteiger partial charge on any atom is -0.313 e. The molecule has 1 aliphatic rings. The first-order chi connectivity index (χ1) is 6.66. The highest BCUT2D eigenvalue weighted by atomic mass is 15.0. The highest BCUT2D eigenvalue weighted by Gasteiger charge is 2.29. The van der Waals surface area contributed by atoms with E-state index in [0.717, 1.165) is 6.54 Å². The van der Waals surface area contributed by atoms with Crippen molar-refractivity contribution in [3.8, 4) is 0 Å². The average molecular weight is 189 g/mol. The van der Waals surface area contributed by atoms with E-state index >= 15 is 0 Å². The molecule has 0 amide bonds. The first-order valence-electron chi connectivity index (χ1n) is 5.43. The Morgan fingerprint density at radius 1 is 1.29 bits per heavy atom. The molecule has 1 saturated heterocycles. The highest BCUT2D eigenvalue weighted by molar-refractivity contribution is 5.16. The zero-order valence-electron chi connectivity index (χ0n) is 9.09. The summed E-state index contributed by atoms with van der Waals surface area (Å²) in [6.07, 6.45) is 2.46. The van der Waals surface area contributed by atoms with Crippen molar-refractivity contribution in [3.63, 3.8) is 0 Å². The maximum atomic E-state index is 3.60. The molecule has 14 heavy (non-hydrogen) atoms. The quantitative estimate of drug-likeness (QED) is 0.754. The van der Waals surface area contributed by atoms with Crippen LogP contribution >= 0.6 is 0 Å². The van der Waals surface area contributed by atoms with Crippen LogP contribution in [0.3, 0.4) is 0 Å². The Hall–Kier alpha value is -0.820. The minimum absolute atomic E-state index is 0.486. The van der Waals surface area contributed by atoms with E-state index in [9.17, 15) is 0 Å². The first kappa shape index (κ1) is 9.72. The molecule has 1 heteroatoms. The van der Waals surface area contributed by atoms with Crippen molar-refractivity contribution in [1.29, 1.82) is 0 Å². The van der Waals surface area contributed by atoms with Crippen molar-refractivity contribution >= 4 is 0 Å². The molecular weight excluding hydrogens is 170 g/mol. The maximum absolute atomic E-state index is 3.60. The van der Waals surface area contributed by atoms with Gasteiger partial charge in [0, 0.05) is 12.6 Å². The predicted octanol–water partition coefficient (Wildman–Crippen LogP) is 2.62. The molecule has 1 N–H and O–H groups in total. The highest BCUT2D eigenvalue weighted by Crippen LogP contribution is 2.28. The standard InChI is InChI=1S/C13H19N/c1-13(2)9-12(14-10-13)8-11-6-4-3-5-7-11/h3-7,12,14H,8-10H2,1-2H3/t12-/m1/s1. The monoisotopic (exact) mass is 189 g/mol. The molecule has 1 aromatic carbocycles. The Labute approximate surface area is 86.5 Å². The number of benzene rings is 1. The number of nitrogens with one attached hydrogen (secondary N) is 1. The fraction of sp³-hybridized carbons (Fsp3) is 0.538. The largest absolute Gasteiger partial charge is 0.313 e. The molecule has 0 aliphatic carbocycles. The lowest BCUT2D eigenvalue weighted by molar-refractivity contribution is 0.401. The number of hydrogen-bond acceptors (Lipinski definition) is 1. The molecule has 0 aromatic heterocycles. The third-order valence-corrected chi connectivity index (χ3v) is 2.99. The Balaban J connectivity index is 1.94. The van der Waals surface area contributed by atoms with Gasteiger partial charge < -0.3 is 5.32 Å². The summed E-state index contributed by atoms with van der Waals surface area (Å²) in [6, 6.07) is 11.4. The lowest BCUT2D eigenvalue weighted by atomic mass is 9.89. The predicted molar refractivity (Wildman–Crippen MR) is 60.3 cm³/mol. The Kier molecular flexibility index (Phi) is 2.60. The Morgan fingerprint density at radius 2 is 2.00 bits per heavy atom. The van der Waals surface area contributed by atoms with E-state index in [1.807, 2.05) is 0 Å². The number of rotatable bonds is 2. The molecule has 76 valence electrons.